The van der Waals surface area contributed by atoms with Crippen molar-refractivity contribution in [1.29, 1.82) is 0 Å². The molecule has 5 atom stereocenters. The molecule has 2 aliphatic rings. The van der Waals surface area contributed by atoms with Crippen LogP contribution in [0.25, 0.3) is 0 Å². The maximum Gasteiger partial charge on any atom is 0.309 e. The van der Waals surface area contributed by atoms with Gasteiger partial charge in [0.1, 0.15) is 6.10 Å². The molecule has 2 rings (SSSR count). The number of cyclic esters (lactones) is 1. The Balaban J connectivity index is 2.30. The van der Waals surface area contributed by atoms with Crippen molar-refractivity contribution in [2.24, 2.45) is 17.3 Å². The van der Waals surface area contributed by atoms with E-state index in [4.69, 9.17) is 4.74 Å². The lowest BCUT2D eigenvalue weighted by Crippen LogP contribution is -2.40. The van der Waals surface area contributed by atoms with E-state index in [1.165, 1.54) is 0 Å². The molecule has 27 heavy (non-hydrogen) atoms. The van der Waals surface area contributed by atoms with Crippen LogP contribution in [0.4, 0.5) is 0 Å². The predicted octanol–water partition coefficient (Wildman–Crippen LogP) is 3.34. The zero-order valence-corrected chi connectivity index (χ0v) is 17.0. The number of aliphatic hydroxyl groups is 2. The van der Waals surface area contributed by atoms with Gasteiger partial charge in [0.2, 0.25) is 0 Å². The fourth-order valence-corrected chi connectivity index (χ4v) is 4.07. The third-order valence-electron chi connectivity index (χ3n) is 6.06. The minimum Gasteiger partial charge on any atom is -0.458 e. The molecule has 5 nitrogen and oxygen atoms in total. The standard InChI is InChI=1S/C22H34O5/c1-13(2)18-8-10-22(4,5)9-6-7-15-11-16(17(23)12-19(24)27-18)21(26)14(3)20(15)25/h11,14-15,17-18,20,23,25H,1,6-10,12H2,2-5H3/t14-,15-,17+,18+,20-/m1/s1. The second kappa shape index (κ2) is 8.70. The summed E-state index contributed by atoms with van der Waals surface area (Å²) < 4.78 is 5.55. The molecular weight excluding hydrogens is 344 g/mol. The molecule has 1 aliphatic heterocycles. The number of aliphatic hydroxyl groups excluding tert-OH is 2. The highest BCUT2D eigenvalue weighted by Gasteiger charge is 2.38. The van der Waals surface area contributed by atoms with Crippen LogP contribution in [0, 0.1) is 17.3 Å². The number of carbonyl (C=O) groups excluding carboxylic acids is 2. The topological polar surface area (TPSA) is 83.8 Å². The minimum absolute atomic E-state index is 0.0807. The average molecular weight is 379 g/mol. The quantitative estimate of drug-likeness (QED) is 0.540. The number of esters is 1. The molecule has 2 bridgehead atoms. The molecule has 0 fully saturated rings. The number of rotatable bonds is 1. The van der Waals surface area contributed by atoms with Gasteiger partial charge in [-0.25, -0.2) is 0 Å². The highest BCUT2D eigenvalue weighted by molar-refractivity contribution is 5.99. The van der Waals surface area contributed by atoms with Gasteiger partial charge in [-0.2, -0.15) is 0 Å². The summed E-state index contributed by atoms with van der Waals surface area (Å²) in [6.07, 6.45) is 3.33. The molecular formula is C22H34O5. The van der Waals surface area contributed by atoms with Gasteiger partial charge in [-0.05, 0) is 43.6 Å². The van der Waals surface area contributed by atoms with E-state index in [1.807, 2.05) is 6.92 Å². The van der Waals surface area contributed by atoms with E-state index in [1.54, 1.807) is 13.0 Å². The molecule has 0 radical (unpaired) electrons. The molecule has 5 heteroatoms. The van der Waals surface area contributed by atoms with E-state index < -0.39 is 24.1 Å². The highest BCUT2D eigenvalue weighted by atomic mass is 16.5. The molecule has 0 amide bonds. The van der Waals surface area contributed by atoms with Crippen molar-refractivity contribution in [2.75, 3.05) is 0 Å². The Bertz CT molecular complexity index is 618. The minimum atomic E-state index is -1.20. The normalized spacial score (nSPS) is 35.6. The largest absolute Gasteiger partial charge is 0.458 e. The lowest BCUT2D eigenvalue weighted by Gasteiger charge is -2.34. The van der Waals surface area contributed by atoms with Crippen LogP contribution in [0.15, 0.2) is 23.8 Å². The first-order chi connectivity index (χ1) is 12.5. The summed E-state index contributed by atoms with van der Waals surface area (Å²) in [5.41, 5.74) is 1.10. The number of ketones is 1. The first kappa shape index (κ1) is 21.8. The molecule has 0 saturated carbocycles. The molecule has 1 aliphatic carbocycles. The third-order valence-corrected chi connectivity index (χ3v) is 6.06. The van der Waals surface area contributed by atoms with E-state index in [0.29, 0.717) is 6.42 Å². The van der Waals surface area contributed by atoms with Gasteiger partial charge in [0.15, 0.2) is 5.78 Å². The van der Waals surface area contributed by atoms with Gasteiger partial charge in [0.25, 0.3) is 0 Å². The Labute approximate surface area is 162 Å². The number of fused-ring (bicyclic) bond motifs is 1. The maximum absolute atomic E-state index is 12.5. The Morgan fingerprint density at radius 2 is 1.89 bits per heavy atom. The molecule has 0 aromatic carbocycles. The third kappa shape index (κ3) is 5.52. The maximum atomic E-state index is 12.5. The van der Waals surface area contributed by atoms with E-state index in [9.17, 15) is 19.8 Å². The van der Waals surface area contributed by atoms with E-state index >= 15 is 0 Å². The van der Waals surface area contributed by atoms with Crippen LogP contribution in [0.1, 0.15) is 66.2 Å². The Morgan fingerprint density at radius 3 is 2.52 bits per heavy atom. The number of hydrogen-bond donors (Lipinski definition) is 2. The monoisotopic (exact) mass is 378 g/mol. The number of carbonyl (C=O) groups is 2. The summed E-state index contributed by atoms with van der Waals surface area (Å²) >= 11 is 0. The SMILES string of the molecule is C=C(C)[C@@H]1CCC(C)(C)CCC[C@@H]2C=C(C(=O)[C@H](C)[C@H]2O)[C@@H](O)CC(=O)O1. The summed E-state index contributed by atoms with van der Waals surface area (Å²) in [5.74, 6) is -1.58. The lowest BCUT2D eigenvalue weighted by atomic mass is 9.74. The first-order valence-electron chi connectivity index (χ1n) is 9.99. The molecule has 2 N–H and O–H groups in total. The van der Waals surface area contributed by atoms with Crippen molar-refractivity contribution < 1.29 is 24.5 Å². The van der Waals surface area contributed by atoms with Gasteiger partial charge in [0.05, 0.1) is 18.6 Å². The van der Waals surface area contributed by atoms with Crippen molar-refractivity contribution in [2.45, 2.75) is 84.5 Å². The van der Waals surface area contributed by atoms with Crippen molar-refractivity contribution in [3.8, 4) is 0 Å². The highest BCUT2D eigenvalue weighted by Crippen LogP contribution is 2.36. The van der Waals surface area contributed by atoms with Crippen LogP contribution in [0.3, 0.4) is 0 Å². The summed E-state index contributed by atoms with van der Waals surface area (Å²) in [7, 11) is 0. The lowest BCUT2D eigenvalue weighted by molar-refractivity contribution is -0.149. The van der Waals surface area contributed by atoms with Crippen LogP contribution in [-0.2, 0) is 14.3 Å². The Morgan fingerprint density at radius 1 is 1.22 bits per heavy atom. The second-order valence-electron chi connectivity index (χ2n) is 9.07. The zero-order chi connectivity index (χ0) is 20.4. The zero-order valence-electron chi connectivity index (χ0n) is 17.0. The van der Waals surface area contributed by atoms with Crippen LogP contribution in [-0.4, -0.2) is 40.3 Å². The van der Waals surface area contributed by atoms with Crippen LogP contribution in [0.5, 0.6) is 0 Å². The number of Topliss-reactive ketones (excluding diaryl/α,β-unsaturated/α-hetero) is 1. The molecule has 0 aromatic heterocycles. The van der Waals surface area contributed by atoms with Crippen LogP contribution >= 0.6 is 0 Å². The van der Waals surface area contributed by atoms with Crippen molar-refractivity contribution in [1.82, 2.24) is 0 Å². The van der Waals surface area contributed by atoms with Crippen molar-refractivity contribution in [3.05, 3.63) is 23.8 Å². The number of ether oxygens (including phenoxy) is 1. The van der Waals surface area contributed by atoms with Gasteiger partial charge < -0.3 is 14.9 Å². The van der Waals surface area contributed by atoms with Gasteiger partial charge in [-0.1, -0.05) is 39.8 Å². The van der Waals surface area contributed by atoms with Gasteiger partial charge in [0, 0.05) is 17.4 Å². The van der Waals surface area contributed by atoms with E-state index in [-0.39, 0.29) is 35.2 Å². The fourth-order valence-electron chi connectivity index (χ4n) is 4.07. The molecule has 0 aromatic rings. The first-order valence-corrected chi connectivity index (χ1v) is 9.99. The molecule has 152 valence electrons. The fraction of sp³-hybridized carbons (Fsp3) is 0.727. The molecule has 0 saturated heterocycles. The molecule has 0 unspecified atom stereocenters. The van der Waals surface area contributed by atoms with E-state index in [0.717, 1.165) is 31.3 Å². The van der Waals surface area contributed by atoms with Crippen LogP contribution in [0.2, 0.25) is 0 Å². The van der Waals surface area contributed by atoms with E-state index in [2.05, 4.69) is 20.4 Å². The molecule has 0 spiro atoms. The Hall–Kier alpha value is -1.46. The van der Waals surface area contributed by atoms with Gasteiger partial charge >= 0.3 is 5.97 Å². The van der Waals surface area contributed by atoms with Crippen LogP contribution < -0.4 is 0 Å². The Kier molecular flexibility index (Phi) is 7.03. The summed E-state index contributed by atoms with van der Waals surface area (Å²) in [5, 5.41) is 21.0. The summed E-state index contributed by atoms with van der Waals surface area (Å²) in [6.45, 7) is 11.8. The average Bonchev–Trinajstić information content (AvgIpc) is 2.57. The predicted molar refractivity (Wildman–Crippen MR) is 104 cm³/mol. The van der Waals surface area contributed by atoms with Crippen molar-refractivity contribution >= 4 is 11.8 Å². The van der Waals surface area contributed by atoms with Gasteiger partial charge in [-0.15, -0.1) is 0 Å². The summed E-state index contributed by atoms with van der Waals surface area (Å²) in [4.78, 5) is 24.9. The smallest absolute Gasteiger partial charge is 0.309 e. The second-order valence-corrected chi connectivity index (χ2v) is 9.07. The molecule has 1 heterocycles. The van der Waals surface area contributed by atoms with Gasteiger partial charge in [-0.3, -0.25) is 9.59 Å². The number of hydrogen-bond acceptors (Lipinski definition) is 5. The summed E-state index contributed by atoms with van der Waals surface area (Å²) in [6, 6.07) is 0. The van der Waals surface area contributed by atoms with Crippen molar-refractivity contribution in [3.63, 3.8) is 0 Å².